The molecule has 25 heavy (non-hydrogen) atoms. The van der Waals surface area contributed by atoms with Crippen LogP contribution < -0.4 is 11.1 Å². The second kappa shape index (κ2) is 8.17. The van der Waals surface area contributed by atoms with Crippen molar-refractivity contribution >= 4 is 30.7 Å². The maximum Gasteiger partial charge on any atom is 0.225 e. The molecule has 1 aromatic heterocycles. The van der Waals surface area contributed by atoms with Crippen molar-refractivity contribution in [3.63, 3.8) is 0 Å². The maximum absolute atomic E-state index is 12.5. The number of benzene rings is 1. The Kier molecular flexibility index (Phi) is 6.43. The lowest BCUT2D eigenvalue weighted by molar-refractivity contribution is -0.127. The number of amides is 1. The first-order valence-corrected chi connectivity index (χ1v) is 8.19. The van der Waals surface area contributed by atoms with E-state index in [4.69, 9.17) is 5.73 Å². The Morgan fingerprint density at radius 2 is 1.92 bits per heavy atom. The molecule has 2 fully saturated rings. The molecular formula is C17H23Cl2N5O. The molecule has 6 nitrogen and oxygen atoms in total. The van der Waals surface area contributed by atoms with Crippen molar-refractivity contribution in [1.82, 2.24) is 20.1 Å². The summed E-state index contributed by atoms with van der Waals surface area (Å²) in [4.78, 5) is 16.4. The lowest BCUT2D eigenvalue weighted by Crippen LogP contribution is -2.45. The van der Waals surface area contributed by atoms with Crippen LogP contribution in [0.2, 0.25) is 0 Å². The summed E-state index contributed by atoms with van der Waals surface area (Å²) in [6.45, 7) is 0.539. The number of hydrogen-bond donors (Lipinski definition) is 2. The van der Waals surface area contributed by atoms with Gasteiger partial charge in [0.15, 0.2) is 0 Å². The number of hydrogen-bond acceptors (Lipinski definition) is 4. The van der Waals surface area contributed by atoms with Gasteiger partial charge in [0.25, 0.3) is 0 Å². The van der Waals surface area contributed by atoms with Crippen LogP contribution in [-0.2, 0) is 11.3 Å². The van der Waals surface area contributed by atoms with Gasteiger partial charge in [-0.25, -0.2) is 9.67 Å². The van der Waals surface area contributed by atoms with E-state index >= 15 is 0 Å². The van der Waals surface area contributed by atoms with E-state index in [2.05, 4.69) is 15.4 Å². The van der Waals surface area contributed by atoms with Gasteiger partial charge in [0.05, 0.1) is 11.6 Å². The summed E-state index contributed by atoms with van der Waals surface area (Å²) in [7, 11) is 0. The topological polar surface area (TPSA) is 85.8 Å². The van der Waals surface area contributed by atoms with Crippen LogP contribution in [0.5, 0.6) is 0 Å². The Hall–Kier alpha value is -1.63. The molecule has 0 saturated heterocycles. The van der Waals surface area contributed by atoms with Crippen molar-refractivity contribution in [2.24, 2.45) is 23.5 Å². The van der Waals surface area contributed by atoms with Crippen molar-refractivity contribution in [2.75, 3.05) is 0 Å². The third-order valence-corrected chi connectivity index (χ3v) is 5.37. The number of carbonyl (C=O) groups excluding carboxylic acids is 1. The summed E-state index contributed by atoms with van der Waals surface area (Å²) in [5, 5.41) is 7.15. The van der Waals surface area contributed by atoms with Gasteiger partial charge >= 0.3 is 0 Å². The van der Waals surface area contributed by atoms with E-state index in [1.165, 1.54) is 12.7 Å². The van der Waals surface area contributed by atoms with Crippen LogP contribution in [0.3, 0.4) is 0 Å². The van der Waals surface area contributed by atoms with Crippen LogP contribution in [0.25, 0.3) is 5.69 Å². The fourth-order valence-electron chi connectivity index (χ4n) is 4.14. The van der Waals surface area contributed by atoms with Crippen LogP contribution in [0, 0.1) is 17.8 Å². The minimum Gasteiger partial charge on any atom is -0.352 e. The van der Waals surface area contributed by atoms with Crippen molar-refractivity contribution in [3.8, 4) is 5.69 Å². The molecule has 136 valence electrons. The Labute approximate surface area is 159 Å². The van der Waals surface area contributed by atoms with Crippen molar-refractivity contribution in [2.45, 2.75) is 31.8 Å². The maximum atomic E-state index is 12.5. The minimum atomic E-state index is 0. The molecule has 2 aromatic rings. The first-order valence-electron chi connectivity index (χ1n) is 8.19. The van der Waals surface area contributed by atoms with E-state index in [1.54, 1.807) is 11.0 Å². The normalized spacial score (nSPS) is 26.6. The molecule has 2 bridgehead atoms. The van der Waals surface area contributed by atoms with E-state index in [1.807, 2.05) is 24.3 Å². The number of nitrogens with two attached hydrogens (primary N) is 1. The SMILES string of the molecule is Cl.Cl.NC1C2CCC(C2)C1C(=O)NCc1ccc(-n2cncn2)cc1. The molecule has 0 spiro atoms. The van der Waals surface area contributed by atoms with Crippen molar-refractivity contribution in [3.05, 3.63) is 42.5 Å². The first kappa shape index (κ1) is 19.7. The second-order valence-corrected chi connectivity index (χ2v) is 6.66. The fraction of sp³-hybridized carbons (Fsp3) is 0.471. The highest BCUT2D eigenvalue weighted by molar-refractivity contribution is 5.85. The Bertz CT molecular complexity index is 690. The average molecular weight is 384 g/mol. The molecule has 1 heterocycles. The quantitative estimate of drug-likeness (QED) is 0.846. The van der Waals surface area contributed by atoms with Gasteiger partial charge in [0, 0.05) is 12.6 Å². The van der Waals surface area contributed by atoms with Crippen LogP contribution >= 0.6 is 24.8 Å². The summed E-state index contributed by atoms with van der Waals surface area (Å²) >= 11 is 0. The van der Waals surface area contributed by atoms with Gasteiger partial charge in [-0.2, -0.15) is 5.10 Å². The zero-order valence-corrected chi connectivity index (χ0v) is 15.4. The number of rotatable bonds is 4. The Balaban J connectivity index is 0.00000113. The molecule has 2 aliphatic carbocycles. The molecule has 0 radical (unpaired) electrons. The first-order chi connectivity index (χ1) is 11.2. The summed E-state index contributed by atoms with van der Waals surface area (Å²) in [5.41, 5.74) is 8.25. The minimum absolute atomic E-state index is 0. The largest absolute Gasteiger partial charge is 0.352 e. The summed E-state index contributed by atoms with van der Waals surface area (Å²) in [6, 6.07) is 7.98. The number of halogens is 2. The molecule has 4 atom stereocenters. The third-order valence-electron chi connectivity index (χ3n) is 5.37. The standard InChI is InChI=1S/C17H21N5O.2ClH/c18-16-13-4-3-12(7-13)15(16)17(23)20-8-11-1-5-14(6-2-11)22-10-19-9-21-22;;/h1-2,5-6,9-10,12-13,15-16H,3-4,7-8,18H2,(H,20,23);2*1H. The van der Waals surface area contributed by atoms with E-state index < -0.39 is 0 Å². The van der Waals surface area contributed by atoms with Crippen molar-refractivity contribution < 1.29 is 4.79 Å². The molecule has 2 saturated carbocycles. The summed E-state index contributed by atoms with van der Waals surface area (Å²) in [5.74, 6) is 1.16. The third kappa shape index (κ3) is 3.81. The molecule has 1 aromatic carbocycles. The fourth-order valence-corrected chi connectivity index (χ4v) is 4.14. The van der Waals surface area contributed by atoms with Crippen LogP contribution in [-0.4, -0.2) is 26.7 Å². The molecular weight excluding hydrogens is 361 g/mol. The summed E-state index contributed by atoms with van der Waals surface area (Å²) in [6.07, 6.45) is 6.65. The lowest BCUT2D eigenvalue weighted by Gasteiger charge is -2.27. The Morgan fingerprint density at radius 1 is 1.20 bits per heavy atom. The number of fused-ring (bicyclic) bond motifs is 2. The highest BCUT2D eigenvalue weighted by Gasteiger charge is 2.48. The molecule has 4 rings (SSSR count). The number of carbonyl (C=O) groups is 1. The number of aromatic nitrogens is 3. The molecule has 2 aliphatic rings. The van der Waals surface area contributed by atoms with Crippen LogP contribution in [0.1, 0.15) is 24.8 Å². The van der Waals surface area contributed by atoms with E-state index in [0.29, 0.717) is 18.4 Å². The second-order valence-electron chi connectivity index (χ2n) is 6.66. The van der Waals surface area contributed by atoms with E-state index in [-0.39, 0.29) is 42.7 Å². The highest BCUT2D eigenvalue weighted by atomic mass is 35.5. The van der Waals surface area contributed by atoms with Crippen molar-refractivity contribution in [1.29, 1.82) is 0 Å². The van der Waals surface area contributed by atoms with Gasteiger partial charge < -0.3 is 11.1 Å². The van der Waals surface area contributed by atoms with E-state index in [0.717, 1.165) is 24.1 Å². The molecule has 0 aliphatic heterocycles. The predicted molar refractivity (Wildman–Crippen MR) is 100.0 cm³/mol. The van der Waals surface area contributed by atoms with Gasteiger partial charge in [-0.05, 0) is 48.8 Å². The summed E-state index contributed by atoms with van der Waals surface area (Å²) < 4.78 is 1.71. The predicted octanol–water partition coefficient (Wildman–Crippen LogP) is 2.10. The Morgan fingerprint density at radius 3 is 2.52 bits per heavy atom. The van der Waals surface area contributed by atoms with Gasteiger partial charge in [-0.1, -0.05) is 12.1 Å². The molecule has 3 N–H and O–H groups in total. The van der Waals surface area contributed by atoms with Gasteiger partial charge in [-0.3, -0.25) is 4.79 Å². The molecule has 8 heteroatoms. The number of nitrogens with one attached hydrogen (secondary N) is 1. The lowest BCUT2D eigenvalue weighted by atomic mass is 9.84. The smallest absolute Gasteiger partial charge is 0.225 e. The zero-order chi connectivity index (χ0) is 15.8. The highest BCUT2D eigenvalue weighted by Crippen LogP contribution is 2.47. The zero-order valence-electron chi connectivity index (χ0n) is 13.7. The molecule has 1 amide bonds. The van der Waals surface area contributed by atoms with Gasteiger partial charge in [0.1, 0.15) is 12.7 Å². The monoisotopic (exact) mass is 383 g/mol. The van der Waals surface area contributed by atoms with E-state index in [9.17, 15) is 4.79 Å². The number of nitrogens with zero attached hydrogens (tertiary/aromatic N) is 3. The molecule has 4 unspecified atom stereocenters. The van der Waals surface area contributed by atoms with Gasteiger partial charge in [0.2, 0.25) is 5.91 Å². The van der Waals surface area contributed by atoms with Crippen LogP contribution in [0.15, 0.2) is 36.9 Å². The van der Waals surface area contributed by atoms with Gasteiger partial charge in [-0.15, -0.1) is 24.8 Å². The van der Waals surface area contributed by atoms with Crippen LogP contribution in [0.4, 0.5) is 0 Å². The average Bonchev–Trinajstić information content (AvgIpc) is 3.30.